The van der Waals surface area contributed by atoms with E-state index >= 15 is 0 Å². The van der Waals surface area contributed by atoms with E-state index in [4.69, 9.17) is 19.6 Å². The first-order valence-corrected chi connectivity index (χ1v) is 6.11. The van der Waals surface area contributed by atoms with Crippen LogP contribution in [-0.4, -0.2) is 20.0 Å². The van der Waals surface area contributed by atoms with E-state index < -0.39 is 0 Å². The zero-order chi connectivity index (χ0) is 14.9. The van der Waals surface area contributed by atoms with Gasteiger partial charge >= 0.3 is 0 Å². The fraction of sp³-hybridized carbons (Fsp3) is 0.267. The number of aryl methyl sites for hydroxylation is 2. The van der Waals surface area contributed by atoms with Gasteiger partial charge in [0, 0.05) is 6.07 Å². The molecular formula is C15H17NO4. The molecule has 2 N–H and O–H groups in total. The first-order valence-electron chi connectivity index (χ1n) is 6.11. The molecule has 0 radical (unpaired) electrons. The number of hydrogen-bond donors (Lipinski definition) is 1. The Labute approximate surface area is 117 Å². The molecule has 0 amide bonds. The third kappa shape index (κ3) is 2.34. The predicted octanol–water partition coefficient (Wildman–Crippen LogP) is 2.73. The van der Waals surface area contributed by atoms with Gasteiger partial charge in [-0.25, -0.2) is 0 Å². The van der Waals surface area contributed by atoms with Crippen molar-refractivity contribution in [3.05, 3.63) is 40.8 Å². The third-order valence-electron chi connectivity index (χ3n) is 3.10. The van der Waals surface area contributed by atoms with Crippen LogP contribution in [0.5, 0.6) is 11.5 Å². The van der Waals surface area contributed by atoms with E-state index in [0.717, 1.165) is 0 Å². The molecule has 0 aliphatic rings. The quantitative estimate of drug-likeness (QED) is 0.686. The topological polar surface area (TPSA) is 74.7 Å². The van der Waals surface area contributed by atoms with Gasteiger partial charge in [0.25, 0.3) is 0 Å². The van der Waals surface area contributed by atoms with Crippen LogP contribution in [0.3, 0.4) is 0 Å². The maximum Gasteiger partial charge on any atom is 0.198 e. The lowest BCUT2D eigenvalue weighted by atomic mass is 10.0. The van der Waals surface area contributed by atoms with Crippen molar-refractivity contribution in [3.63, 3.8) is 0 Å². The van der Waals surface area contributed by atoms with Crippen molar-refractivity contribution in [1.82, 2.24) is 0 Å². The monoisotopic (exact) mass is 275 g/mol. The van der Waals surface area contributed by atoms with Crippen molar-refractivity contribution < 1.29 is 18.7 Å². The summed E-state index contributed by atoms with van der Waals surface area (Å²) in [6, 6.07) is 4.94. The molecule has 0 unspecified atom stereocenters. The van der Waals surface area contributed by atoms with Crippen LogP contribution in [0.25, 0.3) is 0 Å². The summed E-state index contributed by atoms with van der Waals surface area (Å²) in [4.78, 5) is 12.6. The molecule has 1 aromatic carbocycles. The molecule has 5 heteroatoms. The molecule has 20 heavy (non-hydrogen) atoms. The van der Waals surface area contributed by atoms with E-state index in [-0.39, 0.29) is 11.5 Å². The van der Waals surface area contributed by atoms with Gasteiger partial charge in [-0.2, -0.15) is 0 Å². The largest absolute Gasteiger partial charge is 0.497 e. The fourth-order valence-corrected chi connectivity index (χ4v) is 2.08. The number of benzene rings is 1. The summed E-state index contributed by atoms with van der Waals surface area (Å²) in [6.45, 7) is 3.53. The van der Waals surface area contributed by atoms with E-state index in [9.17, 15) is 4.79 Å². The second-order valence-electron chi connectivity index (χ2n) is 4.45. The highest BCUT2D eigenvalue weighted by atomic mass is 16.5. The number of anilines is 1. The van der Waals surface area contributed by atoms with Gasteiger partial charge in [-0.15, -0.1) is 0 Å². The van der Waals surface area contributed by atoms with Gasteiger partial charge in [0.2, 0.25) is 0 Å². The summed E-state index contributed by atoms with van der Waals surface area (Å²) in [6.07, 6.45) is 0. The second-order valence-corrected chi connectivity index (χ2v) is 4.45. The average molecular weight is 275 g/mol. The molecule has 2 rings (SSSR count). The summed E-state index contributed by atoms with van der Waals surface area (Å²) in [5.41, 5.74) is 7.10. The minimum Gasteiger partial charge on any atom is -0.497 e. The van der Waals surface area contributed by atoms with Gasteiger partial charge in [0.05, 0.1) is 31.0 Å². The Balaban J connectivity index is 2.56. The lowest BCUT2D eigenvalue weighted by molar-refractivity contribution is 0.103. The average Bonchev–Trinajstić information content (AvgIpc) is 2.77. The number of furan rings is 1. The summed E-state index contributed by atoms with van der Waals surface area (Å²) in [5.74, 6) is 1.95. The molecule has 5 nitrogen and oxygen atoms in total. The zero-order valence-corrected chi connectivity index (χ0v) is 11.9. The Kier molecular flexibility index (Phi) is 3.70. The van der Waals surface area contributed by atoms with Crippen LogP contribution >= 0.6 is 0 Å². The molecule has 0 aliphatic carbocycles. The molecule has 1 heterocycles. The maximum absolute atomic E-state index is 12.6. The molecule has 0 saturated carbocycles. The van der Waals surface area contributed by atoms with Crippen molar-refractivity contribution in [3.8, 4) is 11.5 Å². The van der Waals surface area contributed by atoms with Gasteiger partial charge in [-0.3, -0.25) is 4.79 Å². The zero-order valence-electron chi connectivity index (χ0n) is 11.9. The first kappa shape index (κ1) is 14.0. The first-order chi connectivity index (χ1) is 9.47. The maximum atomic E-state index is 12.6. The van der Waals surface area contributed by atoms with Crippen LogP contribution in [0.15, 0.2) is 22.6 Å². The molecule has 0 saturated heterocycles. The standard InChI is InChI=1S/C15H17NO4/c1-8-5-11(9(2)20-8)15(17)12-6-10(18-3)7-13(19-4)14(12)16/h5-7H,16H2,1-4H3. The Morgan fingerprint density at radius 1 is 1.10 bits per heavy atom. The minimum atomic E-state index is -0.214. The van der Waals surface area contributed by atoms with Crippen molar-refractivity contribution in [2.45, 2.75) is 13.8 Å². The Hall–Kier alpha value is -2.43. The number of rotatable bonds is 4. The van der Waals surface area contributed by atoms with Crippen LogP contribution in [0, 0.1) is 13.8 Å². The Bertz CT molecular complexity index is 658. The van der Waals surface area contributed by atoms with Gasteiger partial charge in [0.1, 0.15) is 23.0 Å². The van der Waals surface area contributed by atoms with E-state index in [0.29, 0.717) is 34.1 Å². The van der Waals surface area contributed by atoms with Gasteiger partial charge in [0.15, 0.2) is 5.78 Å². The molecule has 0 aliphatic heterocycles. The Morgan fingerprint density at radius 3 is 2.30 bits per heavy atom. The van der Waals surface area contributed by atoms with Crippen LogP contribution in [0.1, 0.15) is 27.4 Å². The minimum absolute atomic E-state index is 0.214. The second kappa shape index (κ2) is 5.28. The van der Waals surface area contributed by atoms with E-state index in [2.05, 4.69) is 0 Å². The van der Waals surface area contributed by atoms with Crippen LogP contribution < -0.4 is 15.2 Å². The van der Waals surface area contributed by atoms with Crippen molar-refractivity contribution in [2.75, 3.05) is 20.0 Å². The van der Waals surface area contributed by atoms with E-state index in [1.54, 1.807) is 32.0 Å². The summed E-state index contributed by atoms with van der Waals surface area (Å²) < 4.78 is 15.7. The third-order valence-corrected chi connectivity index (χ3v) is 3.10. The number of hydrogen-bond acceptors (Lipinski definition) is 5. The number of carbonyl (C=O) groups is 1. The molecule has 0 atom stereocenters. The fourth-order valence-electron chi connectivity index (χ4n) is 2.08. The molecular weight excluding hydrogens is 258 g/mol. The number of methoxy groups -OCH3 is 2. The van der Waals surface area contributed by atoms with Crippen molar-refractivity contribution in [2.24, 2.45) is 0 Å². The highest BCUT2D eigenvalue weighted by Crippen LogP contribution is 2.33. The highest BCUT2D eigenvalue weighted by Gasteiger charge is 2.21. The predicted molar refractivity (Wildman–Crippen MR) is 75.6 cm³/mol. The molecule has 0 fully saturated rings. The molecule has 106 valence electrons. The number of ketones is 1. The number of carbonyl (C=O) groups excluding carboxylic acids is 1. The van der Waals surface area contributed by atoms with Crippen LogP contribution in [0.2, 0.25) is 0 Å². The van der Waals surface area contributed by atoms with Gasteiger partial charge in [-0.05, 0) is 26.0 Å². The van der Waals surface area contributed by atoms with Crippen molar-refractivity contribution in [1.29, 1.82) is 0 Å². The normalized spacial score (nSPS) is 10.4. The lowest BCUT2D eigenvalue weighted by Crippen LogP contribution is -2.07. The van der Waals surface area contributed by atoms with Crippen LogP contribution in [0.4, 0.5) is 5.69 Å². The van der Waals surface area contributed by atoms with Crippen LogP contribution in [-0.2, 0) is 0 Å². The Morgan fingerprint density at radius 2 is 1.80 bits per heavy atom. The van der Waals surface area contributed by atoms with Crippen molar-refractivity contribution >= 4 is 11.5 Å². The summed E-state index contributed by atoms with van der Waals surface area (Å²) in [7, 11) is 3.01. The van der Waals surface area contributed by atoms with Gasteiger partial charge in [-0.1, -0.05) is 0 Å². The number of ether oxygens (including phenoxy) is 2. The SMILES string of the molecule is COc1cc(OC)c(N)c(C(=O)c2cc(C)oc2C)c1. The summed E-state index contributed by atoms with van der Waals surface area (Å²) in [5, 5.41) is 0. The van der Waals surface area contributed by atoms with E-state index in [1.165, 1.54) is 14.2 Å². The van der Waals surface area contributed by atoms with Gasteiger partial charge < -0.3 is 19.6 Å². The summed E-state index contributed by atoms with van der Waals surface area (Å²) >= 11 is 0. The molecule has 1 aromatic heterocycles. The lowest BCUT2D eigenvalue weighted by Gasteiger charge is -2.11. The molecule has 0 spiro atoms. The number of nitrogen functional groups attached to an aromatic ring is 1. The molecule has 2 aromatic rings. The number of nitrogens with two attached hydrogens (primary N) is 1. The molecule has 0 bridgehead atoms. The van der Waals surface area contributed by atoms with E-state index in [1.807, 2.05) is 0 Å². The smallest absolute Gasteiger partial charge is 0.198 e. The highest BCUT2D eigenvalue weighted by molar-refractivity contribution is 6.13.